The van der Waals surface area contributed by atoms with Crippen LogP contribution in [0.3, 0.4) is 0 Å². The Morgan fingerprint density at radius 2 is 1.82 bits per heavy atom. The zero-order valence-electron chi connectivity index (χ0n) is 21.9. The molecule has 0 spiro atoms. The van der Waals surface area contributed by atoms with E-state index in [-0.39, 0.29) is 17.8 Å². The number of aromatic nitrogens is 2. The third kappa shape index (κ3) is 4.28. The number of hydrogen-bond donors (Lipinski definition) is 1. The first-order valence-corrected chi connectivity index (χ1v) is 12.7. The molecular formula is C29H29N5O3S. The lowest BCUT2D eigenvalue weighted by atomic mass is 9.96. The van der Waals surface area contributed by atoms with E-state index in [1.165, 1.54) is 17.2 Å². The number of aryl methyl sites for hydroxylation is 3. The highest BCUT2D eigenvalue weighted by Gasteiger charge is 2.42. The Morgan fingerprint density at radius 3 is 2.47 bits per heavy atom. The Balaban J connectivity index is 1.71. The molecule has 9 heteroatoms. The largest absolute Gasteiger partial charge is 0.495 e. The van der Waals surface area contributed by atoms with E-state index in [1.807, 2.05) is 36.6 Å². The van der Waals surface area contributed by atoms with E-state index in [4.69, 9.17) is 17.0 Å². The molecule has 38 heavy (non-hydrogen) atoms. The second kappa shape index (κ2) is 9.90. The van der Waals surface area contributed by atoms with Crippen molar-refractivity contribution in [1.29, 1.82) is 0 Å². The molecule has 2 aromatic carbocycles. The predicted octanol–water partition coefficient (Wildman–Crippen LogP) is 6.20. The number of hydrogen-bond acceptors (Lipinski definition) is 5. The molecule has 2 aromatic heterocycles. The number of benzene rings is 2. The van der Waals surface area contributed by atoms with Gasteiger partial charge < -0.3 is 19.5 Å². The van der Waals surface area contributed by atoms with Crippen molar-refractivity contribution in [2.75, 3.05) is 12.0 Å². The van der Waals surface area contributed by atoms with Gasteiger partial charge in [-0.25, -0.2) is 0 Å². The standard InChI is InChI=1S/C29H29N5O3S/c1-17-9-10-21(14-18(17)2)33-28(27(31-29(33)38)24-8-6-7-13-30-24)23-15-19(3)32(20(23)4)25-16-22(34(35)36)11-12-26(25)37-5/h6-16,27-28H,1-5H3,(H,31,38)/t27-,28+/m0/s1. The molecule has 1 N–H and O–H groups in total. The quantitative estimate of drug-likeness (QED) is 0.182. The molecule has 3 heterocycles. The number of nitro benzene ring substituents is 1. The van der Waals surface area contributed by atoms with Crippen LogP contribution in [0.1, 0.15) is 45.9 Å². The number of nitro groups is 1. The third-order valence-corrected chi connectivity index (χ3v) is 7.58. The van der Waals surface area contributed by atoms with Gasteiger partial charge in [-0.3, -0.25) is 15.1 Å². The van der Waals surface area contributed by atoms with Crippen LogP contribution in [0.25, 0.3) is 5.69 Å². The monoisotopic (exact) mass is 527 g/mol. The molecule has 0 unspecified atom stereocenters. The lowest BCUT2D eigenvalue weighted by Crippen LogP contribution is -2.29. The Hall–Kier alpha value is -4.24. The summed E-state index contributed by atoms with van der Waals surface area (Å²) in [4.78, 5) is 18.0. The summed E-state index contributed by atoms with van der Waals surface area (Å²) in [5, 5.41) is 15.7. The molecule has 0 bridgehead atoms. The van der Waals surface area contributed by atoms with Crippen LogP contribution in [0.4, 0.5) is 11.4 Å². The average molecular weight is 528 g/mol. The van der Waals surface area contributed by atoms with Gasteiger partial charge in [-0.2, -0.15) is 0 Å². The van der Waals surface area contributed by atoms with Gasteiger partial charge in [0.05, 0.1) is 35.5 Å². The second-order valence-corrected chi connectivity index (χ2v) is 9.93. The smallest absolute Gasteiger partial charge is 0.271 e. The minimum absolute atomic E-state index is 0.00156. The molecule has 0 amide bonds. The normalized spacial score (nSPS) is 17.0. The first kappa shape index (κ1) is 25.4. The van der Waals surface area contributed by atoms with Crippen LogP contribution in [-0.2, 0) is 0 Å². The Bertz CT molecular complexity index is 1550. The molecule has 1 aliphatic heterocycles. The van der Waals surface area contributed by atoms with Crippen LogP contribution in [0.2, 0.25) is 0 Å². The van der Waals surface area contributed by atoms with Gasteiger partial charge in [-0.1, -0.05) is 12.1 Å². The van der Waals surface area contributed by atoms with Gasteiger partial charge in [0.2, 0.25) is 0 Å². The van der Waals surface area contributed by atoms with Crippen LogP contribution in [0.15, 0.2) is 66.9 Å². The number of rotatable bonds is 6. The number of pyridine rings is 1. The summed E-state index contributed by atoms with van der Waals surface area (Å²) in [6, 6.07) is 18.6. The molecule has 0 radical (unpaired) electrons. The van der Waals surface area contributed by atoms with E-state index >= 15 is 0 Å². The van der Waals surface area contributed by atoms with Crippen LogP contribution in [0, 0.1) is 37.8 Å². The van der Waals surface area contributed by atoms with E-state index in [1.54, 1.807) is 25.4 Å². The summed E-state index contributed by atoms with van der Waals surface area (Å²) >= 11 is 5.90. The molecule has 4 aromatic rings. The van der Waals surface area contributed by atoms with E-state index in [0.29, 0.717) is 16.5 Å². The summed E-state index contributed by atoms with van der Waals surface area (Å²) in [5.74, 6) is 0.552. The van der Waals surface area contributed by atoms with Gasteiger partial charge in [-0.15, -0.1) is 0 Å². The number of thiocarbonyl (C=S) groups is 1. The number of non-ortho nitro benzene ring substituents is 1. The number of nitrogens with one attached hydrogen (secondary N) is 1. The fourth-order valence-corrected chi connectivity index (χ4v) is 5.59. The maximum Gasteiger partial charge on any atom is 0.271 e. The molecule has 0 saturated carbocycles. The van der Waals surface area contributed by atoms with Crippen molar-refractivity contribution in [2.45, 2.75) is 39.8 Å². The topological polar surface area (TPSA) is 85.5 Å². The van der Waals surface area contributed by atoms with Gasteiger partial charge in [0, 0.05) is 35.4 Å². The first-order chi connectivity index (χ1) is 18.2. The Morgan fingerprint density at radius 1 is 1.03 bits per heavy atom. The first-order valence-electron chi connectivity index (χ1n) is 12.3. The minimum Gasteiger partial charge on any atom is -0.495 e. The Labute approximate surface area is 227 Å². The highest BCUT2D eigenvalue weighted by atomic mass is 32.1. The van der Waals surface area contributed by atoms with Crippen LogP contribution >= 0.6 is 12.2 Å². The number of ether oxygens (including phenoxy) is 1. The summed E-state index contributed by atoms with van der Waals surface area (Å²) in [5.41, 5.74) is 7.78. The maximum absolute atomic E-state index is 11.6. The fraction of sp³-hybridized carbons (Fsp3) is 0.241. The average Bonchev–Trinajstić information content (AvgIpc) is 3.40. The third-order valence-electron chi connectivity index (χ3n) is 7.27. The number of nitrogens with zero attached hydrogens (tertiary/aromatic N) is 4. The van der Waals surface area contributed by atoms with Gasteiger partial charge in [0.25, 0.3) is 5.69 Å². The van der Waals surface area contributed by atoms with Gasteiger partial charge >= 0.3 is 0 Å². The van der Waals surface area contributed by atoms with E-state index in [2.05, 4.69) is 53.3 Å². The minimum atomic E-state index is -0.393. The maximum atomic E-state index is 11.6. The summed E-state index contributed by atoms with van der Waals surface area (Å²) in [6.07, 6.45) is 1.78. The fourth-order valence-electron chi connectivity index (χ4n) is 5.25. The lowest BCUT2D eigenvalue weighted by molar-refractivity contribution is -0.384. The second-order valence-electron chi connectivity index (χ2n) is 9.54. The van der Waals surface area contributed by atoms with E-state index in [0.717, 1.165) is 28.3 Å². The van der Waals surface area contributed by atoms with E-state index in [9.17, 15) is 10.1 Å². The Kier molecular flexibility index (Phi) is 6.62. The van der Waals surface area contributed by atoms with Crippen LogP contribution in [0.5, 0.6) is 5.75 Å². The zero-order valence-corrected chi connectivity index (χ0v) is 22.7. The molecule has 5 rings (SSSR count). The van der Waals surface area contributed by atoms with E-state index < -0.39 is 4.92 Å². The molecule has 1 fully saturated rings. The molecule has 2 atom stereocenters. The molecule has 0 aliphatic carbocycles. The van der Waals surface area contributed by atoms with Crippen molar-refractivity contribution in [3.05, 3.63) is 111 Å². The SMILES string of the molecule is COc1ccc([N+](=O)[O-])cc1-n1c(C)cc([C@@H]2[C@H](c3ccccn3)NC(=S)N2c2ccc(C)c(C)c2)c1C. The zero-order chi connectivity index (χ0) is 27.1. The summed E-state index contributed by atoms with van der Waals surface area (Å²) in [7, 11) is 1.57. The van der Waals surface area contributed by atoms with Gasteiger partial charge in [-0.05, 0) is 93.0 Å². The highest BCUT2D eigenvalue weighted by molar-refractivity contribution is 7.80. The number of anilines is 1. The lowest BCUT2D eigenvalue weighted by Gasteiger charge is -2.28. The van der Waals surface area contributed by atoms with Crippen molar-refractivity contribution in [3.63, 3.8) is 0 Å². The predicted molar refractivity (Wildman–Crippen MR) is 152 cm³/mol. The molecule has 194 valence electrons. The van der Waals surface area contributed by atoms with Gasteiger partial charge in [0.1, 0.15) is 5.75 Å². The molecular weight excluding hydrogens is 498 g/mol. The van der Waals surface area contributed by atoms with Crippen LogP contribution < -0.4 is 15.0 Å². The number of methoxy groups -OCH3 is 1. The van der Waals surface area contributed by atoms with Crippen molar-refractivity contribution >= 4 is 28.7 Å². The van der Waals surface area contributed by atoms with Crippen molar-refractivity contribution in [2.24, 2.45) is 0 Å². The molecule has 8 nitrogen and oxygen atoms in total. The van der Waals surface area contributed by atoms with Crippen LogP contribution in [-0.4, -0.2) is 26.7 Å². The van der Waals surface area contributed by atoms with Crippen molar-refractivity contribution in [1.82, 2.24) is 14.9 Å². The van der Waals surface area contributed by atoms with Crippen molar-refractivity contribution in [3.8, 4) is 11.4 Å². The molecule has 1 aliphatic rings. The summed E-state index contributed by atoms with van der Waals surface area (Å²) < 4.78 is 7.62. The highest BCUT2D eigenvalue weighted by Crippen LogP contribution is 2.44. The summed E-state index contributed by atoms with van der Waals surface area (Å²) in [6.45, 7) is 8.20. The van der Waals surface area contributed by atoms with Crippen molar-refractivity contribution < 1.29 is 9.66 Å². The molecule has 1 saturated heterocycles. The van der Waals surface area contributed by atoms with Gasteiger partial charge in [0.15, 0.2) is 5.11 Å².